The highest BCUT2D eigenvalue weighted by Gasteiger charge is 2.20. The van der Waals surface area contributed by atoms with E-state index in [0.717, 1.165) is 38.0 Å². The van der Waals surface area contributed by atoms with E-state index < -0.39 is 0 Å². The van der Waals surface area contributed by atoms with Gasteiger partial charge < -0.3 is 14.8 Å². The van der Waals surface area contributed by atoms with Gasteiger partial charge >= 0.3 is 0 Å². The lowest BCUT2D eigenvalue weighted by Gasteiger charge is -2.12. The lowest BCUT2D eigenvalue weighted by atomic mass is 10.2. The van der Waals surface area contributed by atoms with E-state index in [-0.39, 0.29) is 6.10 Å². The van der Waals surface area contributed by atoms with Gasteiger partial charge in [0, 0.05) is 19.0 Å². The molecular weight excluding hydrogens is 214 g/mol. The Hall–Kier alpha value is -1.06. The zero-order chi connectivity index (χ0) is 11.5. The maximum atomic E-state index is 5.89. The molecule has 1 aromatic carbocycles. The van der Waals surface area contributed by atoms with E-state index in [0.29, 0.717) is 0 Å². The average Bonchev–Trinajstić information content (AvgIpc) is 3.05. The Balaban J connectivity index is 1.56. The standard InChI is InChI=1S/C14H19NO2/c1-2-11(9-15-12-4-5-12)8-13(3-1)17-14-6-7-16-10-14/h1-3,8,12,14-15H,4-7,9-10H2. The molecule has 3 rings (SSSR count). The van der Waals surface area contributed by atoms with Gasteiger partial charge in [0.15, 0.2) is 0 Å². The van der Waals surface area contributed by atoms with Crippen LogP contribution in [0.4, 0.5) is 0 Å². The summed E-state index contributed by atoms with van der Waals surface area (Å²) in [6.45, 7) is 2.50. The number of nitrogens with one attached hydrogen (secondary N) is 1. The Bertz CT molecular complexity index is 370. The summed E-state index contributed by atoms with van der Waals surface area (Å²) in [5, 5.41) is 3.51. The molecule has 1 aromatic rings. The van der Waals surface area contributed by atoms with Crippen LogP contribution in [-0.4, -0.2) is 25.4 Å². The van der Waals surface area contributed by atoms with Gasteiger partial charge in [-0.25, -0.2) is 0 Å². The predicted octanol–water partition coefficient (Wildman–Crippen LogP) is 2.11. The Morgan fingerprint density at radius 2 is 2.24 bits per heavy atom. The third-order valence-corrected chi connectivity index (χ3v) is 3.26. The molecule has 1 N–H and O–H groups in total. The van der Waals surface area contributed by atoms with Gasteiger partial charge in [0.25, 0.3) is 0 Å². The fourth-order valence-corrected chi connectivity index (χ4v) is 2.08. The lowest BCUT2D eigenvalue weighted by Crippen LogP contribution is -2.17. The predicted molar refractivity (Wildman–Crippen MR) is 66.2 cm³/mol. The average molecular weight is 233 g/mol. The molecule has 2 aliphatic rings. The first kappa shape index (κ1) is 11.1. The first-order valence-electron chi connectivity index (χ1n) is 6.47. The summed E-state index contributed by atoms with van der Waals surface area (Å²) in [6.07, 6.45) is 3.90. The molecule has 0 radical (unpaired) electrons. The van der Waals surface area contributed by atoms with E-state index in [4.69, 9.17) is 9.47 Å². The highest BCUT2D eigenvalue weighted by atomic mass is 16.5. The molecule has 3 nitrogen and oxygen atoms in total. The molecular formula is C14H19NO2. The van der Waals surface area contributed by atoms with Crippen LogP contribution in [-0.2, 0) is 11.3 Å². The summed E-state index contributed by atoms with van der Waals surface area (Å²) >= 11 is 0. The summed E-state index contributed by atoms with van der Waals surface area (Å²) in [5.41, 5.74) is 1.30. The van der Waals surface area contributed by atoms with Gasteiger partial charge in [-0.2, -0.15) is 0 Å². The Kier molecular flexibility index (Phi) is 3.29. The van der Waals surface area contributed by atoms with Crippen molar-refractivity contribution in [3.8, 4) is 5.75 Å². The van der Waals surface area contributed by atoms with Crippen molar-refractivity contribution in [2.45, 2.75) is 38.0 Å². The summed E-state index contributed by atoms with van der Waals surface area (Å²) in [5.74, 6) is 0.968. The number of benzene rings is 1. The largest absolute Gasteiger partial charge is 0.488 e. The van der Waals surface area contributed by atoms with Gasteiger partial charge in [0.1, 0.15) is 11.9 Å². The zero-order valence-corrected chi connectivity index (χ0v) is 10.0. The van der Waals surface area contributed by atoms with Crippen LogP contribution in [0.3, 0.4) is 0 Å². The summed E-state index contributed by atoms with van der Waals surface area (Å²) in [7, 11) is 0. The third kappa shape index (κ3) is 3.20. The third-order valence-electron chi connectivity index (χ3n) is 3.26. The summed E-state index contributed by atoms with van der Waals surface area (Å²) in [4.78, 5) is 0. The molecule has 1 aliphatic carbocycles. The Labute approximate surface area is 102 Å². The van der Waals surface area contributed by atoms with Gasteiger partial charge in [-0.05, 0) is 30.5 Å². The quantitative estimate of drug-likeness (QED) is 0.845. The van der Waals surface area contributed by atoms with E-state index in [1.165, 1.54) is 18.4 Å². The highest BCUT2D eigenvalue weighted by molar-refractivity contribution is 5.28. The first-order valence-corrected chi connectivity index (χ1v) is 6.47. The molecule has 1 saturated carbocycles. The molecule has 1 heterocycles. The lowest BCUT2D eigenvalue weighted by molar-refractivity contribution is 0.141. The maximum absolute atomic E-state index is 5.89. The molecule has 92 valence electrons. The molecule has 1 aliphatic heterocycles. The van der Waals surface area contributed by atoms with Gasteiger partial charge in [-0.3, -0.25) is 0 Å². The molecule has 0 aromatic heterocycles. The van der Waals surface area contributed by atoms with Crippen LogP contribution in [0.1, 0.15) is 24.8 Å². The Morgan fingerprint density at radius 3 is 3.00 bits per heavy atom. The van der Waals surface area contributed by atoms with E-state index in [1.54, 1.807) is 0 Å². The second-order valence-corrected chi connectivity index (χ2v) is 4.91. The van der Waals surface area contributed by atoms with Crippen molar-refractivity contribution in [3.05, 3.63) is 29.8 Å². The maximum Gasteiger partial charge on any atom is 0.124 e. The topological polar surface area (TPSA) is 30.5 Å². The molecule has 1 atom stereocenters. The molecule has 0 bridgehead atoms. The molecule has 1 saturated heterocycles. The SMILES string of the molecule is c1cc(CNC2CC2)cc(OC2CCOC2)c1. The number of rotatable bonds is 5. The van der Waals surface area contributed by atoms with Crippen LogP contribution in [0.15, 0.2) is 24.3 Å². The van der Waals surface area contributed by atoms with Crippen molar-refractivity contribution < 1.29 is 9.47 Å². The van der Waals surface area contributed by atoms with Gasteiger partial charge in [0.2, 0.25) is 0 Å². The minimum absolute atomic E-state index is 0.238. The van der Waals surface area contributed by atoms with Gasteiger partial charge in [-0.1, -0.05) is 12.1 Å². The van der Waals surface area contributed by atoms with E-state index in [1.807, 2.05) is 6.07 Å². The molecule has 2 fully saturated rings. The summed E-state index contributed by atoms with van der Waals surface area (Å²) in [6, 6.07) is 9.12. The van der Waals surface area contributed by atoms with Crippen molar-refractivity contribution >= 4 is 0 Å². The molecule has 1 unspecified atom stereocenters. The van der Waals surface area contributed by atoms with Crippen LogP contribution < -0.4 is 10.1 Å². The normalized spacial score (nSPS) is 23.9. The molecule has 0 spiro atoms. The molecule has 0 amide bonds. The van der Waals surface area contributed by atoms with E-state index >= 15 is 0 Å². The van der Waals surface area contributed by atoms with Crippen molar-refractivity contribution in [3.63, 3.8) is 0 Å². The first-order chi connectivity index (χ1) is 8.40. The zero-order valence-electron chi connectivity index (χ0n) is 10.0. The second-order valence-electron chi connectivity index (χ2n) is 4.91. The fourth-order valence-electron chi connectivity index (χ4n) is 2.08. The fraction of sp³-hybridized carbons (Fsp3) is 0.571. The second kappa shape index (κ2) is 5.07. The highest BCUT2D eigenvalue weighted by Crippen LogP contribution is 2.21. The van der Waals surface area contributed by atoms with Crippen LogP contribution in [0.5, 0.6) is 5.75 Å². The number of hydrogen-bond acceptors (Lipinski definition) is 3. The summed E-state index contributed by atoms with van der Waals surface area (Å²) < 4.78 is 11.2. The number of ether oxygens (including phenoxy) is 2. The van der Waals surface area contributed by atoms with Crippen molar-refractivity contribution in [1.82, 2.24) is 5.32 Å². The molecule has 3 heteroatoms. The monoisotopic (exact) mass is 233 g/mol. The van der Waals surface area contributed by atoms with Crippen molar-refractivity contribution in [1.29, 1.82) is 0 Å². The van der Waals surface area contributed by atoms with Gasteiger partial charge in [-0.15, -0.1) is 0 Å². The van der Waals surface area contributed by atoms with Crippen LogP contribution in [0, 0.1) is 0 Å². The smallest absolute Gasteiger partial charge is 0.124 e. The minimum atomic E-state index is 0.238. The number of hydrogen-bond donors (Lipinski definition) is 1. The Morgan fingerprint density at radius 1 is 1.29 bits per heavy atom. The van der Waals surface area contributed by atoms with Crippen LogP contribution >= 0.6 is 0 Å². The van der Waals surface area contributed by atoms with Crippen LogP contribution in [0.25, 0.3) is 0 Å². The van der Waals surface area contributed by atoms with Gasteiger partial charge in [0.05, 0.1) is 13.2 Å². The molecule has 17 heavy (non-hydrogen) atoms. The van der Waals surface area contributed by atoms with Crippen LogP contribution in [0.2, 0.25) is 0 Å². The van der Waals surface area contributed by atoms with E-state index in [9.17, 15) is 0 Å². The van der Waals surface area contributed by atoms with E-state index in [2.05, 4.69) is 23.5 Å². The minimum Gasteiger partial charge on any atom is -0.488 e. The van der Waals surface area contributed by atoms with Crippen molar-refractivity contribution in [2.75, 3.05) is 13.2 Å². The van der Waals surface area contributed by atoms with Crippen molar-refractivity contribution in [2.24, 2.45) is 0 Å².